The van der Waals surface area contributed by atoms with Crippen molar-refractivity contribution in [2.45, 2.75) is 69.3 Å². The van der Waals surface area contributed by atoms with Crippen molar-refractivity contribution in [1.82, 2.24) is 14.9 Å². The molecule has 1 heterocycles. The number of amides is 1. The Kier molecular flexibility index (Phi) is 6.94. The zero-order valence-corrected chi connectivity index (χ0v) is 17.1. The molecule has 1 aromatic heterocycles. The number of nitrogens with zero attached hydrogens (tertiary/aromatic N) is 2. The van der Waals surface area contributed by atoms with E-state index in [2.05, 4.69) is 10.3 Å². The molecule has 146 valence electrons. The summed E-state index contributed by atoms with van der Waals surface area (Å²) < 4.78 is 1.71. The molecule has 1 fully saturated rings. The summed E-state index contributed by atoms with van der Waals surface area (Å²) >= 11 is 1.37. The van der Waals surface area contributed by atoms with Gasteiger partial charge in [0, 0.05) is 13.1 Å². The Bertz CT molecular complexity index is 843. The average Bonchev–Trinajstić information content (AvgIpc) is 2.70. The van der Waals surface area contributed by atoms with Crippen molar-refractivity contribution in [3.8, 4) is 0 Å². The lowest BCUT2D eigenvalue weighted by Gasteiger charge is -2.22. The molecule has 1 amide bonds. The van der Waals surface area contributed by atoms with Crippen molar-refractivity contribution in [3.05, 3.63) is 34.6 Å². The van der Waals surface area contributed by atoms with E-state index in [1.807, 2.05) is 38.1 Å². The molecule has 5 nitrogen and oxygen atoms in total. The molecule has 1 aliphatic carbocycles. The molecule has 6 heteroatoms. The number of para-hydroxylation sites is 1. The predicted molar refractivity (Wildman–Crippen MR) is 111 cm³/mol. The van der Waals surface area contributed by atoms with Crippen molar-refractivity contribution in [1.29, 1.82) is 0 Å². The van der Waals surface area contributed by atoms with Gasteiger partial charge in [-0.2, -0.15) is 0 Å². The summed E-state index contributed by atoms with van der Waals surface area (Å²) in [5, 5.41) is 4.07. The summed E-state index contributed by atoms with van der Waals surface area (Å²) in [5.41, 5.74) is 0.659. The van der Waals surface area contributed by atoms with Crippen LogP contribution in [0.15, 0.2) is 34.2 Å². The van der Waals surface area contributed by atoms with Crippen LogP contribution < -0.4 is 10.9 Å². The number of nitrogens with one attached hydrogen (secondary N) is 1. The van der Waals surface area contributed by atoms with Crippen LogP contribution in [-0.2, 0) is 11.3 Å². The van der Waals surface area contributed by atoms with Crippen molar-refractivity contribution >= 4 is 28.6 Å². The second kappa shape index (κ2) is 9.40. The molecule has 0 spiro atoms. The minimum atomic E-state index is -0.287. The lowest BCUT2D eigenvalue weighted by atomic mass is 9.89. The SMILES string of the molecule is CCCn1c(SC(C)C(=O)NCC2CCCCC2)nc2ccccc2c1=O. The van der Waals surface area contributed by atoms with E-state index in [0.717, 1.165) is 13.0 Å². The van der Waals surface area contributed by atoms with Gasteiger partial charge in [0.05, 0.1) is 16.2 Å². The fraction of sp³-hybridized carbons (Fsp3) is 0.571. The first-order chi connectivity index (χ1) is 13.1. The molecular formula is C21H29N3O2S. The molecular weight excluding hydrogens is 358 g/mol. The van der Waals surface area contributed by atoms with Gasteiger partial charge in [0.2, 0.25) is 5.91 Å². The standard InChI is InChI=1S/C21H29N3O2S/c1-3-13-24-20(26)17-11-7-8-12-18(17)23-21(24)27-15(2)19(25)22-14-16-9-5-4-6-10-16/h7-8,11-12,15-16H,3-6,9-10,13-14H2,1-2H3,(H,22,25). The number of thioether (sulfide) groups is 1. The molecule has 0 aliphatic heterocycles. The molecule has 0 radical (unpaired) electrons. The zero-order valence-electron chi connectivity index (χ0n) is 16.2. The Morgan fingerprint density at radius 1 is 1.30 bits per heavy atom. The van der Waals surface area contributed by atoms with Crippen LogP contribution in [0.4, 0.5) is 0 Å². The van der Waals surface area contributed by atoms with Crippen LogP contribution in [0.5, 0.6) is 0 Å². The van der Waals surface area contributed by atoms with E-state index >= 15 is 0 Å². The zero-order chi connectivity index (χ0) is 19.2. The van der Waals surface area contributed by atoms with E-state index in [9.17, 15) is 9.59 Å². The largest absolute Gasteiger partial charge is 0.355 e. The number of rotatable bonds is 7. The van der Waals surface area contributed by atoms with Gasteiger partial charge < -0.3 is 5.32 Å². The molecule has 1 aliphatic rings. The van der Waals surface area contributed by atoms with Crippen molar-refractivity contribution in [2.24, 2.45) is 5.92 Å². The van der Waals surface area contributed by atoms with Crippen LogP contribution in [0.1, 0.15) is 52.4 Å². The molecule has 1 aromatic carbocycles. The van der Waals surface area contributed by atoms with E-state index in [0.29, 0.717) is 28.5 Å². The summed E-state index contributed by atoms with van der Waals surface area (Å²) in [6.07, 6.45) is 7.13. The van der Waals surface area contributed by atoms with Gasteiger partial charge in [-0.05, 0) is 44.2 Å². The fourth-order valence-corrected chi connectivity index (χ4v) is 4.61. The monoisotopic (exact) mass is 387 g/mol. The van der Waals surface area contributed by atoms with Gasteiger partial charge in [-0.15, -0.1) is 0 Å². The Morgan fingerprint density at radius 3 is 2.78 bits per heavy atom. The molecule has 0 bridgehead atoms. The quantitative estimate of drug-likeness (QED) is 0.576. The van der Waals surface area contributed by atoms with E-state index in [4.69, 9.17) is 0 Å². The summed E-state index contributed by atoms with van der Waals surface area (Å²) in [6.45, 7) is 5.29. The molecule has 1 atom stereocenters. The molecule has 1 unspecified atom stereocenters. The van der Waals surface area contributed by atoms with E-state index < -0.39 is 0 Å². The Balaban J connectivity index is 1.73. The van der Waals surface area contributed by atoms with Gasteiger partial charge in [-0.3, -0.25) is 14.2 Å². The second-order valence-corrected chi connectivity index (χ2v) is 8.69. The van der Waals surface area contributed by atoms with Gasteiger partial charge in [0.1, 0.15) is 0 Å². The molecule has 1 saturated carbocycles. The third-order valence-corrected chi connectivity index (χ3v) is 6.31. The minimum absolute atomic E-state index is 0.0241. The van der Waals surface area contributed by atoms with Gasteiger partial charge in [-0.25, -0.2) is 4.98 Å². The van der Waals surface area contributed by atoms with Crippen LogP contribution >= 0.6 is 11.8 Å². The molecule has 2 aromatic rings. The van der Waals surface area contributed by atoms with E-state index in [-0.39, 0.29) is 16.7 Å². The third-order valence-electron chi connectivity index (χ3n) is 5.21. The van der Waals surface area contributed by atoms with Gasteiger partial charge in [-0.1, -0.05) is 50.1 Å². The Morgan fingerprint density at radius 2 is 2.04 bits per heavy atom. The topological polar surface area (TPSA) is 64.0 Å². The highest BCUT2D eigenvalue weighted by Gasteiger charge is 2.21. The first-order valence-electron chi connectivity index (χ1n) is 10.0. The first-order valence-corrected chi connectivity index (χ1v) is 10.9. The summed E-state index contributed by atoms with van der Waals surface area (Å²) in [7, 11) is 0. The molecule has 3 rings (SSSR count). The predicted octanol–water partition coefficient (Wildman–Crippen LogP) is 3.98. The van der Waals surface area contributed by atoms with Crippen molar-refractivity contribution < 1.29 is 4.79 Å². The molecule has 1 N–H and O–H groups in total. The maximum absolute atomic E-state index is 12.8. The number of fused-ring (bicyclic) bond motifs is 1. The Labute approximate surface area is 164 Å². The van der Waals surface area contributed by atoms with Crippen molar-refractivity contribution in [2.75, 3.05) is 6.54 Å². The highest BCUT2D eigenvalue weighted by Crippen LogP contribution is 2.25. The van der Waals surface area contributed by atoms with Crippen LogP contribution in [-0.4, -0.2) is 27.3 Å². The number of carbonyl (C=O) groups excluding carboxylic acids is 1. The molecule has 27 heavy (non-hydrogen) atoms. The van der Waals surface area contributed by atoms with E-state index in [1.165, 1.54) is 43.9 Å². The number of hydrogen-bond acceptors (Lipinski definition) is 4. The summed E-state index contributed by atoms with van der Waals surface area (Å²) in [4.78, 5) is 30.1. The minimum Gasteiger partial charge on any atom is -0.355 e. The number of carbonyl (C=O) groups is 1. The Hall–Kier alpha value is -1.82. The molecule has 0 saturated heterocycles. The number of aromatic nitrogens is 2. The first kappa shape index (κ1) is 19.9. The summed E-state index contributed by atoms with van der Waals surface area (Å²) in [6, 6.07) is 7.40. The lowest BCUT2D eigenvalue weighted by molar-refractivity contribution is -0.120. The highest BCUT2D eigenvalue weighted by atomic mass is 32.2. The maximum Gasteiger partial charge on any atom is 0.262 e. The average molecular weight is 388 g/mol. The van der Waals surface area contributed by atoms with Gasteiger partial charge in [0.25, 0.3) is 5.56 Å². The summed E-state index contributed by atoms with van der Waals surface area (Å²) in [5.74, 6) is 0.632. The third kappa shape index (κ3) is 4.92. The maximum atomic E-state index is 12.8. The van der Waals surface area contributed by atoms with Crippen LogP contribution in [0.3, 0.4) is 0 Å². The van der Waals surface area contributed by atoms with Crippen LogP contribution in [0, 0.1) is 5.92 Å². The van der Waals surface area contributed by atoms with Crippen LogP contribution in [0.25, 0.3) is 10.9 Å². The smallest absolute Gasteiger partial charge is 0.262 e. The van der Waals surface area contributed by atoms with Crippen LogP contribution in [0.2, 0.25) is 0 Å². The fourth-order valence-electron chi connectivity index (χ4n) is 3.65. The van der Waals surface area contributed by atoms with E-state index in [1.54, 1.807) is 4.57 Å². The normalized spacial score (nSPS) is 16.4. The number of hydrogen-bond donors (Lipinski definition) is 1. The van der Waals surface area contributed by atoms with Gasteiger partial charge in [0.15, 0.2) is 5.16 Å². The van der Waals surface area contributed by atoms with Crippen molar-refractivity contribution in [3.63, 3.8) is 0 Å². The lowest BCUT2D eigenvalue weighted by Crippen LogP contribution is -2.35. The number of benzene rings is 1. The van der Waals surface area contributed by atoms with Gasteiger partial charge >= 0.3 is 0 Å². The highest BCUT2D eigenvalue weighted by molar-refractivity contribution is 8.00. The second-order valence-electron chi connectivity index (χ2n) is 7.38.